The van der Waals surface area contributed by atoms with Gasteiger partial charge in [-0.2, -0.15) is 0 Å². The minimum atomic E-state index is -1.06. The molecule has 2 saturated heterocycles. The summed E-state index contributed by atoms with van der Waals surface area (Å²) < 4.78 is 24.0. The topological polar surface area (TPSA) is 94.5 Å². The fourth-order valence-corrected chi connectivity index (χ4v) is 5.68. The van der Waals surface area contributed by atoms with Crippen LogP contribution in [0.15, 0.2) is 42.5 Å². The molecule has 0 saturated carbocycles. The van der Waals surface area contributed by atoms with Crippen LogP contribution < -0.4 is 14.2 Å². The van der Waals surface area contributed by atoms with E-state index in [2.05, 4.69) is 19.9 Å². The molecule has 1 amide bonds. The summed E-state index contributed by atoms with van der Waals surface area (Å²) in [6.07, 6.45) is 1.65. The molecule has 0 aliphatic carbocycles. The number of methoxy groups -OCH3 is 1. The van der Waals surface area contributed by atoms with Crippen molar-refractivity contribution in [3.63, 3.8) is 0 Å². The number of hydrogen-bond donors (Lipinski definition) is 1. The van der Waals surface area contributed by atoms with Gasteiger partial charge in [-0.3, -0.25) is 4.79 Å². The Morgan fingerprint density at radius 1 is 1.20 bits per heavy atom. The molecule has 3 aliphatic heterocycles. The van der Waals surface area contributed by atoms with Gasteiger partial charge in [0, 0.05) is 36.1 Å². The van der Waals surface area contributed by atoms with E-state index in [9.17, 15) is 9.59 Å². The number of para-hydroxylation sites is 1. The number of carbonyl (C=O) groups is 2. The van der Waals surface area contributed by atoms with Gasteiger partial charge in [0.1, 0.15) is 11.4 Å². The van der Waals surface area contributed by atoms with Crippen molar-refractivity contribution in [1.82, 2.24) is 4.90 Å². The number of piperidine rings is 1. The van der Waals surface area contributed by atoms with Crippen molar-refractivity contribution in [2.45, 2.75) is 44.5 Å². The first-order valence-corrected chi connectivity index (χ1v) is 12.0. The highest BCUT2D eigenvalue weighted by Crippen LogP contribution is 2.55. The number of likely N-dealkylation sites (tertiary alicyclic amines) is 1. The first kappa shape index (κ1) is 23.5. The third-order valence-electron chi connectivity index (χ3n) is 7.43. The van der Waals surface area contributed by atoms with E-state index in [4.69, 9.17) is 24.1 Å². The van der Waals surface area contributed by atoms with Crippen molar-refractivity contribution in [2.75, 3.05) is 26.8 Å². The van der Waals surface area contributed by atoms with E-state index < -0.39 is 18.2 Å². The summed E-state index contributed by atoms with van der Waals surface area (Å²) in [4.78, 5) is 25.9. The normalized spacial score (nSPS) is 26.4. The van der Waals surface area contributed by atoms with Crippen LogP contribution in [0.1, 0.15) is 48.7 Å². The first-order valence-electron chi connectivity index (χ1n) is 12.0. The lowest BCUT2D eigenvalue weighted by atomic mass is 9.70. The Labute approximate surface area is 204 Å². The Bertz CT molecular complexity index is 1130. The predicted octanol–water partition coefficient (Wildman–Crippen LogP) is 3.94. The molecule has 4 atom stereocenters. The average molecular weight is 482 g/mol. The number of rotatable bonds is 5. The molecule has 3 heterocycles. The van der Waals surface area contributed by atoms with Gasteiger partial charge in [-0.25, -0.2) is 4.79 Å². The number of nitrogens with zero attached hydrogens (tertiary/aromatic N) is 1. The average Bonchev–Trinajstić information content (AvgIpc) is 2.85. The summed E-state index contributed by atoms with van der Waals surface area (Å²) in [5, 5.41) is 8.84. The molecule has 3 aliphatic rings. The zero-order chi connectivity index (χ0) is 24.7. The molecule has 2 aromatic rings. The highest BCUT2D eigenvalue weighted by atomic mass is 16.5. The summed E-state index contributed by atoms with van der Waals surface area (Å²) in [5.41, 5.74) is 1.08. The fraction of sp³-hybridized carbons (Fsp3) is 0.481. The van der Waals surface area contributed by atoms with Crippen LogP contribution >= 0.6 is 0 Å². The molecule has 0 spiro atoms. The Kier molecular flexibility index (Phi) is 6.09. The monoisotopic (exact) mass is 481 g/mol. The predicted molar refractivity (Wildman–Crippen MR) is 127 cm³/mol. The van der Waals surface area contributed by atoms with E-state index in [0.717, 1.165) is 29.9 Å². The van der Waals surface area contributed by atoms with Crippen molar-refractivity contribution in [3.8, 4) is 17.2 Å². The maximum absolute atomic E-state index is 13.3. The second-order valence-corrected chi connectivity index (χ2v) is 10.0. The lowest BCUT2D eigenvalue weighted by Gasteiger charge is -2.53. The number of aliphatic carboxylic acids is 1. The molecule has 0 radical (unpaired) electrons. The second-order valence-electron chi connectivity index (χ2n) is 10.0. The van der Waals surface area contributed by atoms with Crippen LogP contribution in [0.25, 0.3) is 0 Å². The van der Waals surface area contributed by atoms with Crippen molar-refractivity contribution < 1.29 is 33.6 Å². The van der Waals surface area contributed by atoms with E-state index in [0.29, 0.717) is 24.4 Å². The molecular weight excluding hydrogens is 450 g/mol. The summed E-state index contributed by atoms with van der Waals surface area (Å²) >= 11 is 0. The van der Waals surface area contributed by atoms with Crippen molar-refractivity contribution in [1.29, 1.82) is 0 Å². The number of ether oxygens (including phenoxy) is 4. The number of fused-ring (bicyclic) bond motifs is 4. The molecule has 0 unspecified atom stereocenters. The van der Waals surface area contributed by atoms with Crippen molar-refractivity contribution in [2.24, 2.45) is 11.8 Å². The van der Waals surface area contributed by atoms with Crippen LogP contribution in [0.5, 0.6) is 17.2 Å². The molecule has 186 valence electrons. The largest absolute Gasteiger partial charge is 0.493 e. The van der Waals surface area contributed by atoms with Gasteiger partial charge < -0.3 is 29.0 Å². The molecule has 2 fully saturated rings. The van der Waals surface area contributed by atoms with Gasteiger partial charge in [-0.15, -0.1) is 0 Å². The third kappa shape index (κ3) is 4.43. The molecule has 5 rings (SSSR count). The zero-order valence-corrected chi connectivity index (χ0v) is 20.2. The van der Waals surface area contributed by atoms with Gasteiger partial charge >= 0.3 is 5.97 Å². The minimum absolute atomic E-state index is 0.0680. The number of benzene rings is 2. The Morgan fingerprint density at radius 2 is 2.00 bits per heavy atom. The molecule has 8 nitrogen and oxygen atoms in total. The number of carboxylic acid groups (broad SMARTS) is 1. The highest BCUT2D eigenvalue weighted by Gasteiger charge is 2.52. The zero-order valence-electron chi connectivity index (χ0n) is 20.2. The fourth-order valence-electron chi connectivity index (χ4n) is 5.68. The van der Waals surface area contributed by atoms with Crippen molar-refractivity contribution in [3.05, 3.63) is 53.6 Å². The maximum atomic E-state index is 13.3. The van der Waals surface area contributed by atoms with Crippen LogP contribution in [0, 0.1) is 11.8 Å². The SMILES string of the molecule is COc1cccc2c1OC(C)(C)[C@H]1C[C@@H]3CN(C(=O)c4cccc(OCC(=O)O)c4)CC[C@@H]3O[C@H]21. The van der Waals surface area contributed by atoms with Gasteiger partial charge in [0.25, 0.3) is 5.91 Å². The van der Waals surface area contributed by atoms with Gasteiger partial charge in [-0.05, 0) is 51.0 Å². The van der Waals surface area contributed by atoms with Crippen LogP contribution in [-0.4, -0.2) is 60.4 Å². The van der Waals surface area contributed by atoms with E-state index in [1.54, 1.807) is 31.4 Å². The maximum Gasteiger partial charge on any atom is 0.341 e. The molecule has 2 aromatic carbocycles. The van der Waals surface area contributed by atoms with Crippen LogP contribution in [0.4, 0.5) is 0 Å². The van der Waals surface area contributed by atoms with E-state index >= 15 is 0 Å². The highest BCUT2D eigenvalue weighted by molar-refractivity contribution is 5.94. The lowest BCUT2D eigenvalue weighted by molar-refractivity contribution is -0.184. The molecule has 35 heavy (non-hydrogen) atoms. The summed E-state index contributed by atoms with van der Waals surface area (Å²) in [6.45, 7) is 4.95. The van der Waals surface area contributed by atoms with E-state index in [-0.39, 0.29) is 30.0 Å². The smallest absolute Gasteiger partial charge is 0.341 e. The van der Waals surface area contributed by atoms with Crippen LogP contribution in [0.3, 0.4) is 0 Å². The van der Waals surface area contributed by atoms with Crippen LogP contribution in [0.2, 0.25) is 0 Å². The van der Waals surface area contributed by atoms with E-state index in [1.165, 1.54) is 0 Å². The Balaban J connectivity index is 1.32. The summed E-state index contributed by atoms with van der Waals surface area (Å²) in [6, 6.07) is 12.6. The summed E-state index contributed by atoms with van der Waals surface area (Å²) in [7, 11) is 1.65. The number of carbonyl (C=O) groups excluding carboxylic acids is 1. The first-order chi connectivity index (χ1) is 16.8. The quantitative estimate of drug-likeness (QED) is 0.691. The standard InChI is InChI=1S/C27H31NO7/c1-27(2)20-13-17-14-28(26(31)16-6-4-7-18(12-16)33-15-23(29)30)11-10-21(17)34-24(20)19-8-5-9-22(32-3)25(19)35-27/h4-9,12,17,20-21,24H,10-11,13-15H2,1-3H3,(H,29,30)/t17-,20+,21+,24-/m1/s1. The number of amides is 1. The van der Waals surface area contributed by atoms with Gasteiger partial charge in [-0.1, -0.05) is 18.2 Å². The van der Waals surface area contributed by atoms with E-state index in [1.807, 2.05) is 17.0 Å². The summed E-state index contributed by atoms with van der Waals surface area (Å²) in [5.74, 6) is 1.05. The number of hydrogen-bond acceptors (Lipinski definition) is 6. The lowest BCUT2D eigenvalue weighted by Crippen LogP contribution is -2.56. The molecule has 1 N–H and O–H groups in total. The van der Waals surface area contributed by atoms with Gasteiger partial charge in [0.05, 0.1) is 19.3 Å². The van der Waals surface area contributed by atoms with Crippen LogP contribution in [-0.2, 0) is 9.53 Å². The molecule has 0 aromatic heterocycles. The Hall–Kier alpha value is -3.26. The van der Waals surface area contributed by atoms with Gasteiger partial charge in [0.2, 0.25) is 0 Å². The van der Waals surface area contributed by atoms with Crippen molar-refractivity contribution >= 4 is 11.9 Å². The molecular formula is C27H31NO7. The Morgan fingerprint density at radius 3 is 2.77 bits per heavy atom. The number of carboxylic acids is 1. The molecule has 8 heteroatoms. The minimum Gasteiger partial charge on any atom is -0.493 e. The van der Waals surface area contributed by atoms with Gasteiger partial charge in [0.15, 0.2) is 18.1 Å². The second kappa shape index (κ2) is 9.07. The third-order valence-corrected chi connectivity index (χ3v) is 7.43. The molecule has 0 bridgehead atoms.